The molecule has 1 aliphatic rings. The Balaban J connectivity index is 0.00000364. The highest BCUT2D eigenvalue weighted by molar-refractivity contribution is 14.0. The molecule has 2 N–H and O–H groups in total. The summed E-state index contributed by atoms with van der Waals surface area (Å²) >= 11 is 0. The topological polar surface area (TPSA) is 61.8 Å². The summed E-state index contributed by atoms with van der Waals surface area (Å²) in [6, 6.07) is 4.52. The zero-order chi connectivity index (χ0) is 18.8. The van der Waals surface area contributed by atoms with Gasteiger partial charge in [-0.1, -0.05) is 6.07 Å². The second-order valence-corrected chi connectivity index (χ2v) is 7.14. The number of pyridine rings is 1. The predicted octanol–water partition coefficient (Wildman–Crippen LogP) is 2.95. The van der Waals surface area contributed by atoms with Crippen LogP contribution < -0.4 is 10.6 Å². The minimum Gasteiger partial charge on any atom is -0.377 e. The molecule has 154 valence electrons. The Bertz CT molecular complexity index is 559. The Morgan fingerprint density at radius 2 is 2.11 bits per heavy atom. The third-order valence-corrected chi connectivity index (χ3v) is 4.64. The van der Waals surface area contributed by atoms with Crippen LogP contribution in [0, 0.1) is 6.92 Å². The Labute approximate surface area is 181 Å². The van der Waals surface area contributed by atoms with Crippen molar-refractivity contribution in [3.63, 3.8) is 0 Å². The molecule has 0 bridgehead atoms. The Morgan fingerprint density at radius 3 is 2.74 bits per heavy atom. The number of likely N-dealkylation sites (tertiary alicyclic amines) is 1. The maximum Gasteiger partial charge on any atom is 0.191 e. The molecule has 1 fully saturated rings. The molecule has 27 heavy (non-hydrogen) atoms. The van der Waals surface area contributed by atoms with E-state index in [1.807, 2.05) is 12.3 Å². The van der Waals surface area contributed by atoms with E-state index in [0.717, 1.165) is 57.3 Å². The van der Waals surface area contributed by atoms with Crippen LogP contribution in [-0.2, 0) is 11.3 Å². The van der Waals surface area contributed by atoms with Crippen molar-refractivity contribution >= 4 is 29.9 Å². The number of piperidine rings is 1. The summed E-state index contributed by atoms with van der Waals surface area (Å²) in [7, 11) is 0. The summed E-state index contributed by atoms with van der Waals surface area (Å²) < 4.78 is 5.66. The number of rotatable bonds is 8. The quantitative estimate of drug-likeness (QED) is 0.334. The number of nitrogens with zero attached hydrogens (tertiary/aromatic N) is 3. The third kappa shape index (κ3) is 9.21. The highest BCUT2D eigenvalue weighted by Gasteiger charge is 2.19. The standard InChI is InChI=1S/C20H35N5O.HI/c1-5-21-20(23-15-19-17(4)7-6-10-22-19)24-18-8-11-25(12-9-18)13-14-26-16(2)3;/h6-7,10,16,18H,5,8-9,11-15H2,1-4H3,(H2,21,23,24);1H. The fraction of sp³-hybridized carbons (Fsp3) is 0.700. The molecule has 0 aliphatic carbocycles. The van der Waals surface area contributed by atoms with Crippen molar-refractivity contribution < 1.29 is 4.74 Å². The van der Waals surface area contributed by atoms with E-state index < -0.39 is 0 Å². The van der Waals surface area contributed by atoms with Gasteiger partial charge >= 0.3 is 0 Å². The molecule has 2 heterocycles. The number of nitrogens with one attached hydrogen (secondary N) is 2. The van der Waals surface area contributed by atoms with Crippen LogP contribution in [0.4, 0.5) is 0 Å². The Hall–Kier alpha value is -0.930. The van der Waals surface area contributed by atoms with Gasteiger partial charge in [0.1, 0.15) is 0 Å². The summed E-state index contributed by atoms with van der Waals surface area (Å²) in [4.78, 5) is 11.6. The number of hydrogen-bond donors (Lipinski definition) is 2. The summed E-state index contributed by atoms with van der Waals surface area (Å²) in [6.45, 7) is 13.9. The zero-order valence-electron chi connectivity index (χ0n) is 17.2. The number of aliphatic imine (C=N–C) groups is 1. The van der Waals surface area contributed by atoms with Gasteiger partial charge in [0, 0.05) is 38.4 Å². The first kappa shape index (κ1) is 24.1. The van der Waals surface area contributed by atoms with Crippen LogP contribution in [0.25, 0.3) is 0 Å². The van der Waals surface area contributed by atoms with Crippen LogP contribution in [0.1, 0.15) is 44.9 Å². The molecule has 0 amide bonds. The van der Waals surface area contributed by atoms with Crippen LogP contribution in [0.3, 0.4) is 0 Å². The molecule has 1 aromatic rings. The van der Waals surface area contributed by atoms with E-state index in [-0.39, 0.29) is 24.0 Å². The first-order chi connectivity index (χ1) is 12.6. The lowest BCUT2D eigenvalue weighted by molar-refractivity contribution is 0.0532. The van der Waals surface area contributed by atoms with Gasteiger partial charge in [0.25, 0.3) is 0 Å². The van der Waals surface area contributed by atoms with Gasteiger partial charge in [-0.05, 0) is 52.2 Å². The highest BCUT2D eigenvalue weighted by Crippen LogP contribution is 2.10. The smallest absolute Gasteiger partial charge is 0.191 e. The lowest BCUT2D eigenvalue weighted by atomic mass is 10.1. The normalized spacial score (nSPS) is 16.3. The van der Waals surface area contributed by atoms with E-state index in [4.69, 9.17) is 9.73 Å². The van der Waals surface area contributed by atoms with Crippen LogP contribution in [0.2, 0.25) is 0 Å². The van der Waals surface area contributed by atoms with Crippen LogP contribution in [0.15, 0.2) is 23.3 Å². The molecule has 7 heteroatoms. The first-order valence-corrected chi connectivity index (χ1v) is 9.87. The number of aromatic nitrogens is 1. The lowest BCUT2D eigenvalue weighted by Gasteiger charge is -2.33. The second kappa shape index (κ2) is 13.3. The summed E-state index contributed by atoms with van der Waals surface area (Å²) in [6.07, 6.45) is 4.41. The van der Waals surface area contributed by atoms with Crippen molar-refractivity contribution in [2.45, 2.75) is 59.2 Å². The molecule has 0 radical (unpaired) electrons. The molecule has 1 saturated heterocycles. The van der Waals surface area contributed by atoms with Crippen molar-refractivity contribution in [3.8, 4) is 0 Å². The molecule has 6 nitrogen and oxygen atoms in total. The van der Waals surface area contributed by atoms with Gasteiger partial charge < -0.3 is 20.3 Å². The van der Waals surface area contributed by atoms with E-state index in [0.29, 0.717) is 18.7 Å². The minimum atomic E-state index is 0. The van der Waals surface area contributed by atoms with E-state index in [1.54, 1.807) is 0 Å². The number of halogens is 1. The average Bonchev–Trinajstić information content (AvgIpc) is 2.62. The fourth-order valence-corrected chi connectivity index (χ4v) is 3.07. The number of hydrogen-bond acceptors (Lipinski definition) is 4. The monoisotopic (exact) mass is 489 g/mol. The fourth-order valence-electron chi connectivity index (χ4n) is 3.07. The number of ether oxygens (including phenoxy) is 1. The van der Waals surface area contributed by atoms with Gasteiger partial charge in [0.15, 0.2) is 5.96 Å². The summed E-state index contributed by atoms with van der Waals surface area (Å²) in [5.74, 6) is 0.888. The molecular formula is C20H36IN5O. The SMILES string of the molecule is CCNC(=NCc1ncccc1C)NC1CCN(CCOC(C)C)CC1.I. The van der Waals surface area contributed by atoms with E-state index in [9.17, 15) is 0 Å². The van der Waals surface area contributed by atoms with Crippen molar-refractivity contribution in [2.24, 2.45) is 4.99 Å². The largest absolute Gasteiger partial charge is 0.377 e. The molecule has 0 spiro atoms. The van der Waals surface area contributed by atoms with Crippen molar-refractivity contribution in [1.82, 2.24) is 20.5 Å². The highest BCUT2D eigenvalue weighted by atomic mass is 127. The molecule has 1 aliphatic heterocycles. The van der Waals surface area contributed by atoms with Crippen molar-refractivity contribution in [2.75, 3.05) is 32.8 Å². The van der Waals surface area contributed by atoms with E-state index >= 15 is 0 Å². The maximum atomic E-state index is 5.66. The molecule has 2 rings (SSSR count). The molecule has 0 saturated carbocycles. The van der Waals surface area contributed by atoms with Crippen LogP contribution >= 0.6 is 24.0 Å². The predicted molar refractivity (Wildman–Crippen MR) is 123 cm³/mol. The van der Waals surface area contributed by atoms with Crippen molar-refractivity contribution in [1.29, 1.82) is 0 Å². The zero-order valence-corrected chi connectivity index (χ0v) is 19.5. The Kier molecular flexibility index (Phi) is 11.9. The molecule has 1 aromatic heterocycles. The van der Waals surface area contributed by atoms with Crippen molar-refractivity contribution in [3.05, 3.63) is 29.6 Å². The number of guanidine groups is 1. The lowest BCUT2D eigenvalue weighted by Crippen LogP contribution is -2.49. The van der Waals surface area contributed by atoms with Gasteiger partial charge in [-0.2, -0.15) is 0 Å². The first-order valence-electron chi connectivity index (χ1n) is 9.87. The van der Waals surface area contributed by atoms with Gasteiger partial charge in [-0.25, -0.2) is 4.99 Å². The van der Waals surface area contributed by atoms with Gasteiger partial charge in [-0.3, -0.25) is 4.98 Å². The molecule has 0 atom stereocenters. The minimum absolute atomic E-state index is 0. The van der Waals surface area contributed by atoms with Gasteiger partial charge in [0.2, 0.25) is 0 Å². The molecule has 0 aromatic carbocycles. The third-order valence-electron chi connectivity index (χ3n) is 4.64. The average molecular weight is 489 g/mol. The molecular weight excluding hydrogens is 453 g/mol. The van der Waals surface area contributed by atoms with Gasteiger partial charge in [-0.15, -0.1) is 24.0 Å². The molecule has 0 unspecified atom stereocenters. The van der Waals surface area contributed by atoms with E-state index in [1.165, 1.54) is 5.56 Å². The second-order valence-electron chi connectivity index (χ2n) is 7.14. The summed E-state index contributed by atoms with van der Waals surface area (Å²) in [5.41, 5.74) is 2.22. The summed E-state index contributed by atoms with van der Waals surface area (Å²) in [5, 5.41) is 6.95. The van der Waals surface area contributed by atoms with Crippen LogP contribution in [0.5, 0.6) is 0 Å². The van der Waals surface area contributed by atoms with E-state index in [2.05, 4.69) is 54.3 Å². The van der Waals surface area contributed by atoms with Gasteiger partial charge in [0.05, 0.1) is 24.9 Å². The van der Waals surface area contributed by atoms with Crippen LogP contribution in [-0.4, -0.2) is 60.8 Å². The Morgan fingerprint density at radius 1 is 1.37 bits per heavy atom. The number of aryl methyl sites for hydroxylation is 1. The maximum absolute atomic E-state index is 5.66.